The molecule has 0 aromatic rings. The van der Waals surface area contributed by atoms with Crippen LogP contribution in [0.1, 0.15) is 38.5 Å². The van der Waals surface area contributed by atoms with Gasteiger partial charge in [-0.3, -0.25) is 4.55 Å². The Balaban J connectivity index is 2.28. The predicted molar refractivity (Wildman–Crippen MR) is 84.9 cm³/mol. The maximum absolute atomic E-state index is 13.2. The second-order valence-corrected chi connectivity index (χ2v) is 7.54. The van der Waals surface area contributed by atoms with Gasteiger partial charge in [-0.05, 0) is 12.8 Å². The van der Waals surface area contributed by atoms with E-state index in [9.17, 15) is 30.8 Å². The first kappa shape index (κ1) is 23.8. The molecule has 1 rings (SSSR count). The Hall–Kier alpha value is -1.24. The fourth-order valence-electron chi connectivity index (χ4n) is 2.31. The average Bonchev–Trinajstić information content (AvgIpc) is 2.58. The number of alkyl halides is 4. The monoisotopic (exact) mass is 422 g/mol. The molecule has 0 bridgehead atoms. The third-order valence-corrected chi connectivity index (χ3v) is 4.87. The van der Waals surface area contributed by atoms with E-state index in [0.717, 1.165) is 32.1 Å². The molecule has 12 heteroatoms. The van der Waals surface area contributed by atoms with Crippen LogP contribution in [0.4, 0.5) is 17.6 Å². The van der Waals surface area contributed by atoms with Crippen LogP contribution in [0, 0.1) is 0 Å². The first-order chi connectivity index (χ1) is 12.4. The largest absolute Gasteiger partial charge is 0.435 e. The molecular weight excluding hydrogens is 400 g/mol. The van der Waals surface area contributed by atoms with Crippen molar-refractivity contribution in [2.24, 2.45) is 0 Å². The van der Waals surface area contributed by atoms with Crippen LogP contribution in [0.25, 0.3) is 0 Å². The molecule has 1 fully saturated rings. The summed E-state index contributed by atoms with van der Waals surface area (Å²) in [5, 5.41) is -5.66. The number of esters is 1. The summed E-state index contributed by atoms with van der Waals surface area (Å²) < 4.78 is 96.0. The second kappa shape index (κ2) is 9.80. The minimum atomic E-state index is -6.29. The van der Waals surface area contributed by atoms with Crippen LogP contribution in [0.15, 0.2) is 12.2 Å². The predicted octanol–water partition coefficient (Wildman–Crippen LogP) is 2.92. The lowest BCUT2D eigenvalue weighted by Gasteiger charge is -2.23. The number of halogens is 4. The zero-order valence-corrected chi connectivity index (χ0v) is 15.3. The normalized spacial score (nSPS) is 16.9. The van der Waals surface area contributed by atoms with Crippen molar-refractivity contribution in [3.05, 3.63) is 12.2 Å². The van der Waals surface area contributed by atoms with Gasteiger partial charge in [0, 0.05) is 6.42 Å². The summed E-state index contributed by atoms with van der Waals surface area (Å²) in [4.78, 5) is 11.6. The quantitative estimate of drug-likeness (QED) is 0.136. The first-order valence-electron chi connectivity index (χ1n) is 8.15. The Morgan fingerprint density at radius 1 is 1.15 bits per heavy atom. The molecule has 0 heterocycles. The minimum Gasteiger partial charge on any atom is -0.435 e. The van der Waals surface area contributed by atoms with Crippen molar-refractivity contribution >= 4 is 16.1 Å². The molecule has 0 radical (unpaired) electrons. The van der Waals surface area contributed by atoms with Gasteiger partial charge in [-0.1, -0.05) is 25.8 Å². The van der Waals surface area contributed by atoms with E-state index in [1.807, 2.05) is 0 Å². The van der Waals surface area contributed by atoms with Crippen LogP contribution >= 0.6 is 0 Å². The molecule has 0 aromatic heterocycles. The highest BCUT2D eigenvalue weighted by molar-refractivity contribution is 7.87. The number of hydrogen-bond donors (Lipinski definition) is 1. The first-order valence-corrected chi connectivity index (χ1v) is 9.59. The molecule has 0 unspecified atom stereocenters. The summed E-state index contributed by atoms with van der Waals surface area (Å²) in [5.41, 5.74) is -0.257. The van der Waals surface area contributed by atoms with Crippen LogP contribution in [-0.2, 0) is 29.1 Å². The SMILES string of the molecule is C=C(COCCC(F)(F)C(F)(F)S(=O)(=O)O)C(=O)OCOC1CCCCC1. The number of carbonyl (C=O) groups excluding carboxylic acids is 1. The summed E-state index contributed by atoms with van der Waals surface area (Å²) in [6, 6.07) is 0. The molecule has 1 saturated carbocycles. The molecule has 0 spiro atoms. The Bertz CT molecular complexity index is 616. The van der Waals surface area contributed by atoms with Gasteiger partial charge < -0.3 is 14.2 Å². The molecular formula is C15H22F4O7S. The van der Waals surface area contributed by atoms with Crippen LogP contribution in [-0.4, -0.2) is 56.2 Å². The molecule has 1 aliphatic carbocycles. The van der Waals surface area contributed by atoms with Gasteiger partial charge in [0.1, 0.15) is 0 Å². The van der Waals surface area contributed by atoms with E-state index in [1.54, 1.807) is 0 Å². The molecule has 0 saturated heterocycles. The van der Waals surface area contributed by atoms with Gasteiger partial charge in [-0.25, -0.2) is 4.79 Å². The summed E-state index contributed by atoms with van der Waals surface area (Å²) in [5.74, 6) is -5.96. The van der Waals surface area contributed by atoms with Gasteiger partial charge in [0.2, 0.25) is 0 Å². The zero-order valence-electron chi connectivity index (χ0n) is 14.5. The standard InChI is InChI=1S/C15H22F4O7S/c1-11(13(20)26-10-25-12-5-3-2-4-6-12)9-24-8-7-14(16,17)15(18,19)27(21,22)23/h12H,1-10H2,(H,21,22,23). The molecule has 0 aromatic carbocycles. The highest BCUT2D eigenvalue weighted by atomic mass is 32.2. The van der Waals surface area contributed by atoms with Crippen molar-refractivity contribution in [1.29, 1.82) is 0 Å². The van der Waals surface area contributed by atoms with Crippen molar-refractivity contribution in [1.82, 2.24) is 0 Å². The van der Waals surface area contributed by atoms with Crippen LogP contribution in [0.2, 0.25) is 0 Å². The van der Waals surface area contributed by atoms with E-state index >= 15 is 0 Å². The van der Waals surface area contributed by atoms with E-state index in [4.69, 9.17) is 14.0 Å². The van der Waals surface area contributed by atoms with Gasteiger partial charge in [0.25, 0.3) is 0 Å². The molecule has 0 aliphatic heterocycles. The lowest BCUT2D eigenvalue weighted by atomic mass is 9.98. The number of carbonyl (C=O) groups is 1. The van der Waals surface area contributed by atoms with Crippen molar-refractivity contribution < 1.29 is 49.5 Å². The van der Waals surface area contributed by atoms with Crippen molar-refractivity contribution in [3.8, 4) is 0 Å². The summed E-state index contributed by atoms with van der Waals surface area (Å²) >= 11 is 0. The van der Waals surface area contributed by atoms with Crippen molar-refractivity contribution in [3.63, 3.8) is 0 Å². The van der Waals surface area contributed by atoms with Gasteiger partial charge in [-0.2, -0.15) is 26.0 Å². The van der Waals surface area contributed by atoms with Crippen LogP contribution in [0.3, 0.4) is 0 Å². The minimum absolute atomic E-state index is 0.00256. The zero-order chi connectivity index (χ0) is 20.7. The number of ether oxygens (including phenoxy) is 3. The van der Waals surface area contributed by atoms with E-state index in [0.29, 0.717) is 0 Å². The fourth-order valence-corrected chi connectivity index (χ4v) is 2.79. The van der Waals surface area contributed by atoms with E-state index in [-0.39, 0.29) is 18.5 Å². The molecule has 0 atom stereocenters. The van der Waals surface area contributed by atoms with Crippen LogP contribution in [0.5, 0.6) is 0 Å². The Labute approximate surface area is 154 Å². The smallest absolute Gasteiger partial charge is 0.431 e. The van der Waals surface area contributed by atoms with Gasteiger partial charge in [-0.15, -0.1) is 0 Å². The second-order valence-electron chi connectivity index (χ2n) is 6.08. The summed E-state index contributed by atoms with van der Waals surface area (Å²) in [6.45, 7) is 1.41. The molecule has 27 heavy (non-hydrogen) atoms. The van der Waals surface area contributed by atoms with Gasteiger partial charge in [0.05, 0.1) is 24.9 Å². The Morgan fingerprint density at radius 3 is 2.30 bits per heavy atom. The number of rotatable bonds is 11. The highest BCUT2D eigenvalue weighted by Gasteiger charge is 2.65. The van der Waals surface area contributed by atoms with E-state index in [2.05, 4.69) is 11.3 Å². The third kappa shape index (κ3) is 7.01. The topological polar surface area (TPSA) is 99.1 Å². The number of hydrogen-bond acceptors (Lipinski definition) is 6. The average molecular weight is 422 g/mol. The molecule has 1 aliphatic rings. The molecule has 158 valence electrons. The fraction of sp³-hybridized carbons (Fsp3) is 0.800. The summed E-state index contributed by atoms with van der Waals surface area (Å²) in [7, 11) is -6.29. The van der Waals surface area contributed by atoms with E-state index < -0.39 is 46.9 Å². The highest BCUT2D eigenvalue weighted by Crippen LogP contribution is 2.40. The van der Waals surface area contributed by atoms with Crippen molar-refractivity contribution in [2.75, 3.05) is 20.0 Å². The van der Waals surface area contributed by atoms with Gasteiger partial charge >= 0.3 is 27.3 Å². The Morgan fingerprint density at radius 2 is 1.74 bits per heavy atom. The Kier molecular flexibility index (Phi) is 8.64. The lowest BCUT2D eigenvalue weighted by molar-refractivity contribution is -0.170. The van der Waals surface area contributed by atoms with Crippen LogP contribution < -0.4 is 0 Å². The van der Waals surface area contributed by atoms with Gasteiger partial charge in [0.15, 0.2) is 6.79 Å². The lowest BCUT2D eigenvalue weighted by Crippen LogP contribution is -2.47. The third-order valence-electron chi connectivity index (χ3n) is 3.92. The maximum Gasteiger partial charge on any atom is 0.431 e. The maximum atomic E-state index is 13.2. The molecule has 7 nitrogen and oxygen atoms in total. The van der Waals surface area contributed by atoms with Crippen molar-refractivity contribution in [2.45, 2.75) is 55.8 Å². The summed E-state index contributed by atoms with van der Waals surface area (Å²) in [6.07, 6.45) is 3.22. The van der Waals surface area contributed by atoms with E-state index in [1.165, 1.54) is 0 Å². The molecule has 1 N–H and O–H groups in total. The molecule has 0 amide bonds.